The van der Waals surface area contributed by atoms with Gasteiger partial charge < -0.3 is 10.2 Å². The summed E-state index contributed by atoms with van der Waals surface area (Å²) >= 11 is 0. The first-order valence-electron chi connectivity index (χ1n) is 6.63. The molecule has 0 saturated carbocycles. The largest absolute Gasteiger partial charge is 0.459 e. The normalized spacial score (nSPS) is 23.5. The van der Waals surface area contributed by atoms with Crippen molar-refractivity contribution in [1.29, 1.82) is 0 Å². The second-order valence-corrected chi connectivity index (χ2v) is 5.20. The molecule has 7 heteroatoms. The summed E-state index contributed by atoms with van der Waals surface area (Å²) in [4.78, 5) is 25.0. The highest BCUT2D eigenvalue weighted by atomic mass is 16.3. The van der Waals surface area contributed by atoms with Gasteiger partial charge in [0.15, 0.2) is 5.76 Å². The molecule has 1 aromatic heterocycles. The average Bonchev–Trinajstić information content (AvgIpc) is 2.88. The molecule has 2 heterocycles. The van der Waals surface area contributed by atoms with Crippen LogP contribution in [0.15, 0.2) is 16.7 Å². The van der Waals surface area contributed by atoms with Gasteiger partial charge in [-0.25, -0.2) is 5.84 Å². The second-order valence-electron chi connectivity index (χ2n) is 5.20. The number of hydrogen-bond acceptors (Lipinski definition) is 5. The van der Waals surface area contributed by atoms with Crippen molar-refractivity contribution in [1.82, 2.24) is 10.3 Å². The van der Waals surface area contributed by atoms with Gasteiger partial charge in [-0.3, -0.25) is 19.9 Å². The Morgan fingerprint density at radius 1 is 1.50 bits per heavy atom. The van der Waals surface area contributed by atoms with Crippen LogP contribution in [0.4, 0.5) is 0 Å². The van der Waals surface area contributed by atoms with Gasteiger partial charge in [0.05, 0.1) is 12.2 Å². The zero-order valence-corrected chi connectivity index (χ0v) is 11.5. The maximum absolute atomic E-state index is 11.6. The van der Waals surface area contributed by atoms with E-state index >= 15 is 0 Å². The number of carbonyl (C=O) groups excluding carboxylic acids is 2. The number of hydrazine groups is 1. The molecule has 2 unspecified atom stereocenters. The number of nitrogens with one attached hydrogen (secondary N) is 1. The predicted molar refractivity (Wildman–Crippen MR) is 72.2 cm³/mol. The first kappa shape index (κ1) is 14.5. The van der Waals surface area contributed by atoms with Crippen molar-refractivity contribution in [2.45, 2.75) is 32.4 Å². The van der Waals surface area contributed by atoms with E-state index in [0.29, 0.717) is 19.1 Å². The number of carbonyl (C=O) groups is 2. The summed E-state index contributed by atoms with van der Waals surface area (Å²) in [7, 11) is 0. The van der Waals surface area contributed by atoms with Gasteiger partial charge in [-0.05, 0) is 25.8 Å². The average molecular weight is 280 g/mol. The highest BCUT2D eigenvalue weighted by Gasteiger charge is 2.29. The molecule has 1 fully saturated rings. The summed E-state index contributed by atoms with van der Waals surface area (Å²) in [6, 6.07) is 2.07. The molecule has 0 radical (unpaired) electrons. The molecule has 2 amide bonds. The lowest BCUT2D eigenvalue weighted by atomic mass is 9.92. The molecule has 0 aliphatic carbocycles. The molecule has 1 aromatic rings. The standard InChI is InChI=1S/C13H20N4O3/c1-8-2-3-10(12(14)18)7-17(8)6-9-4-5-20-11(9)13(19)16-15/h4-5,8,10H,2-3,6-7,15H2,1H3,(H2,14,18)(H,16,19). The fourth-order valence-electron chi connectivity index (χ4n) is 2.58. The van der Waals surface area contributed by atoms with Gasteiger partial charge in [-0.2, -0.15) is 0 Å². The molecule has 20 heavy (non-hydrogen) atoms. The first-order valence-corrected chi connectivity index (χ1v) is 6.63. The molecule has 0 spiro atoms. The van der Waals surface area contributed by atoms with Crippen molar-refractivity contribution >= 4 is 11.8 Å². The minimum absolute atomic E-state index is 0.134. The van der Waals surface area contributed by atoms with Crippen LogP contribution in [0.2, 0.25) is 0 Å². The molecule has 2 rings (SSSR count). The van der Waals surface area contributed by atoms with Gasteiger partial charge in [-0.15, -0.1) is 0 Å². The molecule has 110 valence electrons. The highest BCUT2D eigenvalue weighted by Crippen LogP contribution is 2.24. The number of piperidine rings is 1. The van der Waals surface area contributed by atoms with Gasteiger partial charge in [0.25, 0.3) is 0 Å². The zero-order chi connectivity index (χ0) is 14.7. The number of nitrogen functional groups attached to an aromatic ring is 1. The molecule has 0 bridgehead atoms. The third-order valence-electron chi connectivity index (χ3n) is 3.87. The molecule has 1 aliphatic rings. The van der Waals surface area contributed by atoms with Crippen LogP contribution in [-0.4, -0.2) is 29.3 Å². The number of likely N-dealkylation sites (tertiary alicyclic amines) is 1. The summed E-state index contributed by atoms with van der Waals surface area (Å²) in [5, 5.41) is 0. The van der Waals surface area contributed by atoms with E-state index in [1.54, 1.807) is 6.07 Å². The quantitative estimate of drug-likeness (QED) is 0.407. The van der Waals surface area contributed by atoms with E-state index in [-0.39, 0.29) is 17.6 Å². The van der Waals surface area contributed by atoms with Gasteiger partial charge >= 0.3 is 5.91 Å². The Balaban J connectivity index is 2.10. The summed E-state index contributed by atoms with van der Waals surface area (Å²) in [5.41, 5.74) is 8.20. The second kappa shape index (κ2) is 6.06. The smallest absolute Gasteiger partial charge is 0.301 e. The van der Waals surface area contributed by atoms with Crippen molar-refractivity contribution in [3.63, 3.8) is 0 Å². The Bertz CT molecular complexity index is 500. The van der Waals surface area contributed by atoms with Gasteiger partial charge in [0, 0.05) is 24.7 Å². The number of nitrogens with two attached hydrogens (primary N) is 2. The monoisotopic (exact) mass is 280 g/mol. The number of rotatable bonds is 4. The molecule has 1 saturated heterocycles. The summed E-state index contributed by atoms with van der Waals surface area (Å²) in [6.45, 7) is 3.23. The lowest BCUT2D eigenvalue weighted by molar-refractivity contribution is -0.124. The van der Waals surface area contributed by atoms with Crippen molar-refractivity contribution in [2.75, 3.05) is 6.54 Å². The Morgan fingerprint density at radius 3 is 2.90 bits per heavy atom. The van der Waals surface area contributed by atoms with Crippen LogP contribution in [0.3, 0.4) is 0 Å². The number of primary amides is 1. The van der Waals surface area contributed by atoms with E-state index < -0.39 is 5.91 Å². The first-order chi connectivity index (χ1) is 9.52. The van der Waals surface area contributed by atoms with Crippen molar-refractivity contribution in [2.24, 2.45) is 17.5 Å². The summed E-state index contributed by atoms with van der Waals surface area (Å²) in [6.07, 6.45) is 3.18. The van der Waals surface area contributed by atoms with Crippen LogP contribution in [0, 0.1) is 5.92 Å². The van der Waals surface area contributed by atoms with E-state index in [1.165, 1.54) is 6.26 Å². The van der Waals surface area contributed by atoms with E-state index in [1.807, 2.05) is 0 Å². The SMILES string of the molecule is CC1CCC(C(N)=O)CN1Cc1ccoc1C(=O)NN. The van der Waals surface area contributed by atoms with Crippen LogP contribution in [0.5, 0.6) is 0 Å². The molecule has 2 atom stereocenters. The van der Waals surface area contributed by atoms with Gasteiger partial charge in [-0.1, -0.05) is 0 Å². The number of furan rings is 1. The summed E-state index contributed by atoms with van der Waals surface area (Å²) in [5.74, 6) is 4.47. The molecule has 1 aliphatic heterocycles. The van der Waals surface area contributed by atoms with Crippen LogP contribution in [-0.2, 0) is 11.3 Å². The Hall–Kier alpha value is -1.86. The van der Waals surface area contributed by atoms with Crippen LogP contribution >= 0.6 is 0 Å². The zero-order valence-electron chi connectivity index (χ0n) is 11.5. The maximum Gasteiger partial charge on any atom is 0.301 e. The topological polar surface area (TPSA) is 115 Å². The highest BCUT2D eigenvalue weighted by molar-refractivity contribution is 5.92. The van der Waals surface area contributed by atoms with E-state index in [2.05, 4.69) is 17.2 Å². The van der Waals surface area contributed by atoms with Gasteiger partial charge in [0.2, 0.25) is 5.91 Å². The van der Waals surface area contributed by atoms with Crippen molar-refractivity contribution < 1.29 is 14.0 Å². The van der Waals surface area contributed by atoms with Gasteiger partial charge in [0.1, 0.15) is 0 Å². The number of nitrogens with zero attached hydrogens (tertiary/aromatic N) is 1. The lowest BCUT2D eigenvalue weighted by Crippen LogP contribution is -2.45. The fourth-order valence-corrected chi connectivity index (χ4v) is 2.58. The molecule has 0 aromatic carbocycles. The third-order valence-corrected chi connectivity index (χ3v) is 3.87. The van der Waals surface area contributed by atoms with E-state index in [9.17, 15) is 9.59 Å². The maximum atomic E-state index is 11.6. The Kier molecular flexibility index (Phi) is 4.41. The number of hydrogen-bond donors (Lipinski definition) is 3. The predicted octanol–water partition coefficient (Wildman–Crippen LogP) is -0.0311. The van der Waals surface area contributed by atoms with Crippen molar-refractivity contribution in [3.8, 4) is 0 Å². The minimum atomic E-state index is -0.457. The molecule has 7 nitrogen and oxygen atoms in total. The lowest BCUT2D eigenvalue weighted by Gasteiger charge is -2.36. The Morgan fingerprint density at radius 2 is 2.25 bits per heavy atom. The fraction of sp³-hybridized carbons (Fsp3) is 0.538. The van der Waals surface area contributed by atoms with E-state index in [0.717, 1.165) is 18.4 Å². The van der Waals surface area contributed by atoms with E-state index in [4.69, 9.17) is 16.0 Å². The van der Waals surface area contributed by atoms with Crippen LogP contribution in [0.25, 0.3) is 0 Å². The Labute approximate surface area is 117 Å². The number of amides is 2. The van der Waals surface area contributed by atoms with Crippen LogP contribution in [0.1, 0.15) is 35.9 Å². The molecular formula is C13H20N4O3. The minimum Gasteiger partial charge on any atom is -0.459 e. The third kappa shape index (κ3) is 3.00. The molecule has 5 N–H and O–H groups in total. The summed E-state index contributed by atoms with van der Waals surface area (Å²) < 4.78 is 5.16. The van der Waals surface area contributed by atoms with Crippen molar-refractivity contribution in [3.05, 3.63) is 23.7 Å². The molecular weight excluding hydrogens is 260 g/mol. The van der Waals surface area contributed by atoms with Crippen LogP contribution < -0.4 is 17.0 Å².